The number of ether oxygens (including phenoxy) is 1. The van der Waals surface area contributed by atoms with Crippen LogP contribution in [0.15, 0.2) is 12.1 Å². The second kappa shape index (κ2) is 6.04. The first-order valence-electron chi connectivity index (χ1n) is 6.71. The molecule has 0 radical (unpaired) electrons. The van der Waals surface area contributed by atoms with Crippen LogP contribution in [0.4, 0.5) is 11.5 Å². The number of hydrogen-bond donors (Lipinski definition) is 1. The Morgan fingerprint density at radius 1 is 1.60 bits per heavy atom. The van der Waals surface area contributed by atoms with Crippen LogP contribution < -0.4 is 15.4 Å². The highest BCUT2D eigenvalue weighted by Gasteiger charge is 2.30. The standard InChI is InChI=1S/C13H20N4O3/c1-9-5-6-16(8-10(9)7-14)13-11(17(18)19)3-4-12(15-13)20-2/h3-4,9-10H,5-8,14H2,1-2H3. The van der Waals surface area contributed by atoms with E-state index in [0.29, 0.717) is 36.6 Å². The van der Waals surface area contributed by atoms with E-state index in [2.05, 4.69) is 11.9 Å². The van der Waals surface area contributed by atoms with E-state index >= 15 is 0 Å². The average molecular weight is 280 g/mol. The van der Waals surface area contributed by atoms with Gasteiger partial charge in [-0.3, -0.25) is 10.1 Å². The van der Waals surface area contributed by atoms with Crippen molar-refractivity contribution >= 4 is 11.5 Å². The van der Waals surface area contributed by atoms with E-state index in [0.717, 1.165) is 13.0 Å². The molecule has 0 aliphatic carbocycles. The Labute approximate surface area is 117 Å². The molecule has 2 N–H and O–H groups in total. The third-order valence-electron chi connectivity index (χ3n) is 3.95. The lowest BCUT2D eigenvalue weighted by Gasteiger charge is -2.36. The maximum Gasteiger partial charge on any atom is 0.311 e. The third-order valence-corrected chi connectivity index (χ3v) is 3.95. The second-order valence-electron chi connectivity index (χ2n) is 5.16. The molecule has 0 aromatic carbocycles. The molecule has 7 heteroatoms. The van der Waals surface area contributed by atoms with Gasteiger partial charge in [-0.05, 0) is 24.8 Å². The number of rotatable bonds is 4. The molecule has 20 heavy (non-hydrogen) atoms. The van der Waals surface area contributed by atoms with Crippen LogP contribution in [0.25, 0.3) is 0 Å². The Morgan fingerprint density at radius 2 is 2.35 bits per heavy atom. The van der Waals surface area contributed by atoms with Crippen molar-refractivity contribution in [2.45, 2.75) is 13.3 Å². The molecule has 0 spiro atoms. The van der Waals surface area contributed by atoms with Gasteiger partial charge in [-0.15, -0.1) is 0 Å². The van der Waals surface area contributed by atoms with Crippen molar-refractivity contribution in [2.24, 2.45) is 17.6 Å². The van der Waals surface area contributed by atoms with Crippen LogP contribution in [-0.4, -0.2) is 36.7 Å². The van der Waals surface area contributed by atoms with Crippen LogP contribution in [0.3, 0.4) is 0 Å². The number of piperidine rings is 1. The van der Waals surface area contributed by atoms with Gasteiger partial charge in [0.1, 0.15) is 0 Å². The minimum absolute atomic E-state index is 0.0103. The maximum atomic E-state index is 11.2. The van der Waals surface area contributed by atoms with E-state index in [1.165, 1.54) is 19.2 Å². The van der Waals surface area contributed by atoms with Crippen molar-refractivity contribution in [3.8, 4) is 5.88 Å². The number of aromatic nitrogens is 1. The SMILES string of the molecule is COc1ccc([N+](=O)[O-])c(N2CCC(C)C(CN)C2)n1. The number of pyridine rings is 1. The lowest BCUT2D eigenvalue weighted by molar-refractivity contribution is -0.384. The number of nitrogens with two attached hydrogens (primary N) is 1. The molecule has 0 saturated carbocycles. The van der Waals surface area contributed by atoms with E-state index in [-0.39, 0.29) is 5.69 Å². The Bertz CT molecular complexity index is 495. The van der Waals surface area contributed by atoms with Gasteiger partial charge in [0.15, 0.2) is 0 Å². The molecule has 110 valence electrons. The van der Waals surface area contributed by atoms with Crippen LogP contribution in [0.2, 0.25) is 0 Å². The molecule has 1 fully saturated rings. The summed E-state index contributed by atoms with van der Waals surface area (Å²) in [4.78, 5) is 16.9. The van der Waals surface area contributed by atoms with Crippen LogP contribution in [-0.2, 0) is 0 Å². The molecule has 7 nitrogen and oxygen atoms in total. The summed E-state index contributed by atoms with van der Waals surface area (Å²) in [6.45, 7) is 4.19. The van der Waals surface area contributed by atoms with E-state index in [4.69, 9.17) is 10.5 Å². The number of nitro groups is 1. The van der Waals surface area contributed by atoms with Crippen LogP contribution in [0.1, 0.15) is 13.3 Å². The lowest BCUT2D eigenvalue weighted by Crippen LogP contribution is -2.43. The summed E-state index contributed by atoms with van der Waals surface area (Å²) in [6, 6.07) is 2.95. The highest BCUT2D eigenvalue weighted by molar-refractivity contribution is 5.59. The largest absolute Gasteiger partial charge is 0.481 e. The molecular formula is C13H20N4O3. The summed E-state index contributed by atoms with van der Waals surface area (Å²) < 4.78 is 5.07. The molecule has 2 unspecified atom stereocenters. The van der Waals surface area contributed by atoms with Gasteiger partial charge >= 0.3 is 5.69 Å². The molecule has 2 rings (SSSR count). The molecule has 2 atom stereocenters. The van der Waals surface area contributed by atoms with Crippen molar-refractivity contribution in [3.63, 3.8) is 0 Å². The Balaban J connectivity index is 2.32. The number of hydrogen-bond acceptors (Lipinski definition) is 6. The highest BCUT2D eigenvalue weighted by Crippen LogP contribution is 2.33. The average Bonchev–Trinajstić information content (AvgIpc) is 2.47. The van der Waals surface area contributed by atoms with Gasteiger partial charge in [0, 0.05) is 25.2 Å². The zero-order chi connectivity index (χ0) is 14.7. The molecule has 0 amide bonds. The first-order valence-corrected chi connectivity index (χ1v) is 6.71. The van der Waals surface area contributed by atoms with E-state index < -0.39 is 4.92 Å². The normalized spacial score (nSPS) is 22.6. The molecular weight excluding hydrogens is 260 g/mol. The van der Waals surface area contributed by atoms with Gasteiger partial charge in [0.2, 0.25) is 11.7 Å². The van der Waals surface area contributed by atoms with Crippen LogP contribution in [0.5, 0.6) is 5.88 Å². The highest BCUT2D eigenvalue weighted by atomic mass is 16.6. The van der Waals surface area contributed by atoms with Crippen LogP contribution >= 0.6 is 0 Å². The Kier molecular flexibility index (Phi) is 4.39. The fourth-order valence-corrected chi connectivity index (χ4v) is 2.56. The number of methoxy groups -OCH3 is 1. The number of nitrogens with zero attached hydrogens (tertiary/aromatic N) is 3. The van der Waals surface area contributed by atoms with Gasteiger partial charge in [0.25, 0.3) is 0 Å². The van der Waals surface area contributed by atoms with Gasteiger partial charge < -0.3 is 15.4 Å². The third kappa shape index (κ3) is 2.82. The lowest BCUT2D eigenvalue weighted by atomic mass is 9.87. The molecule has 0 bridgehead atoms. The van der Waals surface area contributed by atoms with Crippen molar-refractivity contribution in [2.75, 3.05) is 31.6 Å². The topological polar surface area (TPSA) is 94.5 Å². The summed E-state index contributed by atoms with van der Waals surface area (Å²) in [5.41, 5.74) is 5.79. The smallest absolute Gasteiger partial charge is 0.311 e. The first-order chi connectivity index (χ1) is 9.56. The minimum Gasteiger partial charge on any atom is -0.481 e. The van der Waals surface area contributed by atoms with Crippen molar-refractivity contribution in [3.05, 3.63) is 22.2 Å². The van der Waals surface area contributed by atoms with Crippen molar-refractivity contribution in [1.82, 2.24) is 4.98 Å². The Morgan fingerprint density at radius 3 is 2.95 bits per heavy atom. The van der Waals surface area contributed by atoms with E-state index in [1.807, 2.05) is 4.90 Å². The predicted octanol–water partition coefficient (Wildman–Crippen LogP) is 1.42. The zero-order valence-electron chi connectivity index (χ0n) is 11.8. The summed E-state index contributed by atoms with van der Waals surface area (Å²) in [6.07, 6.45) is 0.956. The fourth-order valence-electron chi connectivity index (χ4n) is 2.56. The van der Waals surface area contributed by atoms with Gasteiger partial charge in [0.05, 0.1) is 12.0 Å². The van der Waals surface area contributed by atoms with Crippen molar-refractivity contribution < 1.29 is 9.66 Å². The summed E-state index contributed by atoms with van der Waals surface area (Å²) in [5, 5.41) is 11.2. The predicted molar refractivity (Wildman–Crippen MR) is 76.0 cm³/mol. The Hall–Kier alpha value is -1.89. The first kappa shape index (κ1) is 14.5. The second-order valence-corrected chi connectivity index (χ2v) is 5.16. The fraction of sp³-hybridized carbons (Fsp3) is 0.615. The van der Waals surface area contributed by atoms with Crippen molar-refractivity contribution in [1.29, 1.82) is 0 Å². The summed E-state index contributed by atoms with van der Waals surface area (Å²) in [7, 11) is 1.50. The molecule has 1 aliphatic heterocycles. The molecule has 1 saturated heterocycles. The maximum absolute atomic E-state index is 11.2. The zero-order valence-corrected chi connectivity index (χ0v) is 11.8. The van der Waals surface area contributed by atoms with Gasteiger partial charge in [-0.25, -0.2) is 0 Å². The summed E-state index contributed by atoms with van der Waals surface area (Å²) in [5.74, 6) is 1.62. The molecule has 1 aromatic heterocycles. The summed E-state index contributed by atoms with van der Waals surface area (Å²) >= 11 is 0. The molecule has 1 aliphatic rings. The number of anilines is 1. The van der Waals surface area contributed by atoms with E-state index in [1.54, 1.807) is 0 Å². The van der Waals surface area contributed by atoms with Gasteiger partial charge in [-0.1, -0.05) is 6.92 Å². The van der Waals surface area contributed by atoms with Gasteiger partial charge in [-0.2, -0.15) is 4.98 Å². The minimum atomic E-state index is -0.405. The van der Waals surface area contributed by atoms with Crippen LogP contribution in [0, 0.1) is 22.0 Å². The molecule has 2 heterocycles. The van der Waals surface area contributed by atoms with E-state index in [9.17, 15) is 10.1 Å². The molecule has 1 aromatic rings. The monoisotopic (exact) mass is 280 g/mol. The quantitative estimate of drug-likeness (QED) is 0.662.